The quantitative estimate of drug-likeness (QED) is 0.820. The molecule has 2 aliphatic rings. The van der Waals surface area contributed by atoms with Crippen LogP contribution < -0.4 is 4.74 Å². The van der Waals surface area contributed by atoms with Gasteiger partial charge in [-0.15, -0.1) is 0 Å². The summed E-state index contributed by atoms with van der Waals surface area (Å²) in [4.78, 5) is 24.2. The van der Waals surface area contributed by atoms with Crippen LogP contribution in [0.25, 0.3) is 11.4 Å². The molecule has 4 rings (SSSR count). The van der Waals surface area contributed by atoms with E-state index in [4.69, 9.17) is 9.72 Å². The molecule has 5 nitrogen and oxygen atoms in total. The van der Waals surface area contributed by atoms with Crippen molar-refractivity contribution in [3.63, 3.8) is 0 Å². The molecule has 0 bridgehead atoms. The van der Waals surface area contributed by atoms with Crippen molar-refractivity contribution < 1.29 is 9.53 Å². The van der Waals surface area contributed by atoms with E-state index >= 15 is 0 Å². The number of carbonyl (C=O) groups is 1. The molecule has 142 valence electrons. The van der Waals surface area contributed by atoms with E-state index in [-0.39, 0.29) is 5.92 Å². The van der Waals surface area contributed by atoms with Gasteiger partial charge in [0.05, 0.1) is 7.11 Å². The monoisotopic (exact) mass is 365 g/mol. The van der Waals surface area contributed by atoms with Crippen LogP contribution in [-0.4, -0.2) is 41.0 Å². The number of methoxy groups -OCH3 is 1. The van der Waals surface area contributed by atoms with E-state index in [2.05, 4.69) is 9.88 Å². The van der Waals surface area contributed by atoms with Gasteiger partial charge >= 0.3 is 0 Å². The summed E-state index contributed by atoms with van der Waals surface area (Å²) in [5.41, 5.74) is 2.02. The molecule has 2 aromatic rings. The van der Waals surface area contributed by atoms with Gasteiger partial charge in [-0.25, -0.2) is 9.97 Å². The summed E-state index contributed by atoms with van der Waals surface area (Å²) in [5.74, 6) is 2.47. The summed E-state index contributed by atoms with van der Waals surface area (Å²) >= 11 is 0. The van der Waals surface area contributed by atoms with E-state index in [0.717, 1.165) is 61.6 Å². The Balaban J connectivity index is 1.49. The maximum Gasteiger partial charge on any atom is 0.225 e. The lowest BCUT2D eigenvalue weighted by molar-refractivity contribution is -0.136. The van der Waals surface area contributed by atoms with E-state index in [9.17, 15) is 4.79 Å². The van der Waals surface area contributed by atoms with E-state index in [1.807, 2.05) is 36.5 Å². The highest BCUT2D eigenvalue weighted by molar-refractivity contribution is 5.79. The third-order valence-electron chi connectivity index (χ3n) is 5.88. The molecule has 2 fully saturated rings. The Hall–Kier alpha value is -2.43. The molecule has 1 aliphatic carbocycles. The second-order valence-electron chi connectivity index (χ2n) is 7.64. The number of ether oxygens (including phenoxy) is 1. The van der Waals surface area contributed by atoms with Gasteiger partial charge in [0, 0.05) is 42.4 Å². The summed E-state index contributed by atoms with van der Waals surface area (Å²) in [6.07, 6.45) is 8.48. The van der Waals surface area contributed by atoms with E-state index in [0.29, 0.717) is 11.8 Å². The number of rotatable bonds is 4. The summed E-state index contributed by atoms with van der Waals surface area (Å²) in [5, 5.41) is 0. The first-order valence-electron chi connectivity index (χ1n) is 10.0. The predicted molar refractivity (Wildman–Crippen MR) is 105 cm³/mol. The standard InChI is InChI=1S/C22H27N3O2/c1-27-19-10-8-16(9-11-19)21-23-13-12-20(24-21)18-7-4-14-25(15-18)22(26)17-5-2-3-6-17/h8-13,17-18H,2-7,14-15H2,1H3/t18-/m1/s1. The minimum Gasteiger partial charge on any atom is -0.497 e. The molecule has 1 saturated carbocycles. The Bertz CT molecular complexity index is 784. The highest BCUT2D eigenvalue weighted by Crippen LogP contribution is 2.31. The van der Waals surface area contributed by atoms with Crippen LogP contribution in [0.4, 0.5) is 0 Å². The molecule has 5 heteroatoms. The highest BCUT2D eigenvalue weighted by atomic mass is 16.5. The molecule has 0 radical (unpaired) electrons. The highest BCUT2D eigenvalue weighted by Gasteiger charge is 2.31. The zero-order chi connectivity index (χ0) is 18.6. The van der Waals surface area contributed by atoms with Crippen LogP contribution in [0.3, 0.4) is 0 Å². The molecule has 1 amide bonds. The zero-order valence-corrected chi connectivity index (χ0v) is 15.9. The minimum atomic E-state index is 0.254. The molecular formula is C22H27N3O2. The van der Waals surface area contributed by atoms with Gasteiger partial charge in [-0.1, -0.05) is 12.8 Å². The number of likely N-dealkylation sites (tertiary alicyclic amines) is 1. The molecule has 2 heterocycles. The van der Waals surface area contributed by atoms with Crippen molar-refractivity contribution in [1.29, 1.82) is 0 Å². The number of benzene rings is 1. The van der Waals surface area contributed by atoms with Crippen LogP contribution in [0.1, 0.15) is 50.1 Å². The molecule has 1 saturated heterocycles. The fourth-order valence-electron chi connectivity index (χ4n) is 4.33. The van der Waals surface area contributed by atoms with Gasteiger partial charge in [0.15, 0.2) is 5.82 Å². The van der Waals surface area contributed by atoms with Crippen molar-refractivity contribution in [2.45, 2.75) is 44.4 Å². The van der Waals surface area contributed by atoms with Gasteiger partial charge in [-0.3, -0.25) is 4.79 Å². The molecule has 1 aromatic heterocycles. The van der Waals surface area contributed by atoms with Gasteiger partial charge in [0.2, 0.25) is 5.91 Å². The second-order valence-corrected chi connectivity index (χ2v) is 7.64. The number of hydrogen-bond acceptors (Lipinski definition) is 4. The van der Waals surface area contributed by atoms with Crippen molar-refractivity contribution in [3.05, 3.63) is 42.2 Å². The van der Waals surface area contributed by atoms with Crippen LogP contribution in [0.2, 0.25) is 0 Å². The van der Waals surface area contributed by atoms with Crippen molar-refractivity contribution in [3.8, 4) is 17.1 Å². The Kier molecular flexibility index (Phi) is 5.37. The molecule has 1 aromatic carbocycles. The molecule has 27 heavy (non-hydrogen) atoms. The van der Waals surface area contributed by atoms with Crippen molar-refractivity contribution >= 4 is 5.91 Å². The van der Waals surface area contributed by atoms with Gasteiger partial charge < -0.3 is 9.64 Å². The predicted octanol–water partition coefficient (Wildman–Crippen LogP) is 4.05. The third-order valence-corrected chi connectivity index (χ3v) is 5.88. The normalized spacial score (nSPS) is 20.6. The summed E-state index contributed by atoms with van der Waals surface area (Å²) in [6.45, 7) is 1.68. The van der Waals surface area contributed by atoms with Crippen molar-refractivity contribution in [2.75, 3.05) is 20.2 Å². The lowest BCUT2D eigenvalue weighted by Crippen LogP contribution is -2.42. The Labute approximate surface area is 160 Å². The second kappa shape index (κ2) is 8.07. The molecule has 1 aliphatic heterocycles. The van der Waals surface area contributed by atoms with E-state index < -0.39 is 0 Å². The van der Waals surface area contributed by atoms with Crippen LogP contribution in [0, 0.1) is 5.92 Å². The largest absolute Gasteiger partial charge is 0.497 e. The zero-order valence-electron chi connectivity index (χ0n) is 15.9. The lowest BCUT2D eigenvalue weighted by Gasteiger charge is -2.34. The average molecular weight is 365 g/mol. The summed E-state index contributed by atoms with van der Waals surface area (Å²) < 4.78 is 5.22. The van der Waals surface area contributed by atoms with Crippen LogP contribution in [-0.2, 0) is 4.79 Å². The Morgan fingerprint density at radius 2 is 1.85 bits per heavy atom. The van der Waals surface area contributed by atoms with Gasteiger partial charge in [-0.2, -0.15) is 0 Å². The summed E-state index contributed by atoms with van der Waals surface area (Å²) in [7, 11) is 1.66. The maximum absolute atomic E-state index is 12.8. The summed E-state index contributed by atoms with van der Waals surface area (Å²) in [6, 6.07) is 9.81. The number of carbonyl (C=O) groups excluding carboxylic acids is 1. The Morgan fingerprint density at radius 3 is 2.59 bits per heavy atom. The van der Waals surface area contributed by atoms with Crippen molar-refractivity contribution in [2.24, 2.45) is 5.92 Å². The lowest BCUT2D eigenvalue weighted by atomic mass is 9.93. The fraction of sp³-hybridized carbons (Fsp3) is 0.500. The first kappa shape index (κ1) is 18.0. The molecule has 0 spiro atoms. The first-order valence-corrected chi connectivity index (χ1v) is 10.0. The molecule has 1 atom stereocenters. The van der Waals surface area contributed by atoms with E-state index in [1.54, 1.807) is 7.11 Å². The smallest absolute Gasteiger partial charge is 0.225 e. The number of piperidine rings is 1. The van der Waals surface area contributed by atoms with Crippen LogP contribution >= 0.6 is 0 Å². The van der Waals surface area contributed by atoms with Crippen LogP contribution in [0.15, 0.2) is 36.5 Å². The van der Waals surface area contributed by atoms with Crippen molar-refractivity contribution in [1.82, 2.24) is 14.9 Å². The van der Waals surface area contributed by atoms with Gasteiger partial charge in [0.25, 0.3) is 0 Å². The topological polar surface area (TPSA) is 55.3 Å². The minimum absolute atomic E-state index is 0.254. The fourth-order valence-corrected chi connectivity index (χ4v) is 4.33. The average Bonchev–Trinajstić information content (AvgIpc) is 3.28. The van der Waals surface area contributed by atoms with Crippen LogP contribution in [0.5, 0.6) is 5.75 Å². The number of amides is 1. The number of hydrogen-bond donors (Lipinski definition) is 0. The van der Waals surface area contributed by atoms with Gasteiger partial charge in [-0.05, 0) is 56.0 Å². The number of nitrogens with zero attached hydrogens (tertiary/aromatic N) is 3. The molecule has 0 N–H and O–H groups in total. The van der Waals surface area contributed by atoms with Gasteiger partial charge in [0.1, 0.15) is 5.75 Å². The molecular weight excluding hydrogens is 338 g/mol. The Morgan fingerprint density at radius 1 is 1.07 bits per heavy atom. The van der Waals surface area contributed by atoms with E-state index in [1.165, 1.54) is 12.8 Å². The third kappa shape index (κ3) is 3.97. The first-order chi connectivity index (χ1) is 13.2. The molecule has 0 unspecified atom stereocenters. The number of aromatic nitrogens is 2. The maximum atomic E-state index is 12.8. The SMILES string of the molecule is COc1ccc(-c2nccc([C@@H]3CCCN(C(=O)C4CCCC4)C3)n2)cc1.